The van der Waals surface area contributed by atoms with Crippen molar-refractivity contribution in [3.05, 3.63) is 23.7 Å². The van der Waals surface area contributed by atoms with Crippen molar-refractivity contribution in [1.29, 1.82) is 0 Å². The van der Waals surface area contributed by atoms with Crippen molar-refractivity contribution >= 4 is 32.9 Å². The summed E-state index contributed by atoms with van der Waals surface area (Å²) >= 11 is 1.59. The molecule has 0 aliphatic carbocycles. The first kappa shape index (κ1) is 16.3. The lowest BCUT2D eigenvalue weighted by molar-refractivity contribution is 0.421. The molecule has 0 aromatic carbocycles. The highest BCUT2D eigenvalue weighted by Crippen LogP contribution is 2.28. The summed E-state index contributed by atoms with van der Waals surface area (Å²) in [5, 5.41) is 17.0. The monoisotopic (exact) mass is 381 g/mol. The molecule has 0 saturated carbocycles. The number of thiophene rings is 1. The molecule has 0 unspecified atom stereocenters. The van der Waals surface area contributed by atoms with E-state index in [0.29, 0.717) is 24.6 Å². The van der Waals surface area contributed by atoms with E-state index in [1.165, 1.54) is 0 Å². The van der Waals surface area contributed by atoms with Crippen LogP contribution in [0.2, 0.25) is 0 Å². The number of nitrogens with zero attached hydrogens (tertiary/aromatic N) is 6. The Balaban J connectivity index is 1.47. The minimum Gasteiger partial charge on any atom is -0.350 e. The van der Waals surface area contributed by atoms with E-state index in [1.807, 2.05) is 22.4 Å². The molecule has 4 heterocycles. The fourth-order valence-electron chi connectivity index (χ4n) is 2.71. The van der Waals surface area contributed by atoms with Crippen molar-refractivity contribution in [1.82, 2.24) is 30.3 Å². The number of anilines is 1. The van der Waals surface area contributed by atoms with Gasteiger partial charge in [0.1, 0.15) is 5.69 Å². The molecule has 0 spiro atoms. The lowest BCUT2D eigenvalue weighted by atomic mass is 10.1. The van der Waals surface area contributed by atoms with Crippen molar-refractivity contribution in [2.75, 3.05) is 30.3 Å². The Morgan fingerprint density at radius 3 is 2.96 bits per heavy atom. The van der Waals surface area contributed by atoms with Crippen molar-refractivity contribution in [2.24, 2.45) is 0 Å². The highest BCUT2D eigenvalue weighted by Gasteiger charge is 2.30. The summed E-state index contributed by atoms with van der Waals surface area (Å²) in [6.45, 7) is 1.54. The lowest BCUT2D eigenvalue weighted by Gasteiger charge is -2.40. The largest absolute Gasteiger partial charge is 0.350 e. The van der Waals surface area contributed by atoms with Crippen LogP contribution < -0.4 is 10.2 Å². The topological polar surface area (TPSA) is 126 Å². The van der Waals surface area contributed by atoms with Gasteiger partial charge in [0.15, 0.2) is 5.82 Å². The summed E-state index contributed by atoms with van der Waals surface area (Å²) in [5.41, 5.74) is 1.42. The van der Waals surface area contributed by atoms with Crippen LogP contribution in [0.15, 0.2) is 23.7 Å². The Morgan fingerprint density at radius 2 is 2.24 bits per heavy atom. The molecule has 1 aliphatic heterocycles. The third kappa shape index (κ3) is 3.33. The van der Waals surface area contributed by atoms with Gasteiger partial charge in [-0.15, -0.1) is 16.4 Å². The number of tetrazole rings is 1. The molecular weight excluding hydrogens is 366 g/mol. The molecule has 12 heteroatoms. The smallest absolute Gasteiger partial charge is 0.266 e. The predicted molar refractivity (Wildman–Crippen MR) is 92.3 cm³/mol. The SMILES string of the molecule is O=S(=O)(O)CCNC1CN(c2ncc(-c3cccs3)n3nnnc23)C1. The number of fused-ring (bicyclic) bond motifs is 1. The van der Waals surface area contributed by atoms with Gasteiger partial charge in [-0.3, -0.25) is 4.55 Å². The summed E-state index contributed by atoms with van der Waals surface area (Å²) in [5.74, 6) is 0.397. The van der Waals surface area contributed by atoms with E-state index in [1.54, 1.807) is 22.0 Å². The van der Waals surface area contributed by atoms with Gasteiger partial charge >= 0.3 is 0 Å². The molecule has 2 N–H and O–H groups in total. The molecule has 132 valence electrons. The summed E-state index contributed by atoms with van der Waals surface area (Å²) in [7, 11) is -3.93. The van der Waals surface area contributed by atoms with Gasteiger partial charge < -0.3 is 10.2 Å². The molecule has 0 bridgehead atoms. The first-order valence-electron chi connectivity index (χ1n) is 7.56. The quantitative estimate of drug-likeness (QED) is 0.564. The van der Waals surface area contributed by atoms with Crippen LogP contribution in [0.4, 0.5) is 5.82 Å². The van der Waals surface area contributed by atoms with E-state index in [4.69, 9.17) is 4.55 Å². The molecule has 1 saturated heterocycles. The number of nitrogens with one attached hydrogen (secondary N) is 1. The lowest BCUT2D eigenvalue weighted by Crippen LogP contribution is -2.59. The zero-order valence-electron chi connectivity index (χ0n) is 13.0. The third-order valence-corrected chi connectivity index (χ3v) is 5.57. The van der Waals surface area contributed by atoms with Gasteiger partial charge in [-0.2, -0.15) is 12.9 Å². The molecule has 1 fully saturated rings. The van der Waals surface area contributed by atoms with Gasteiger partial charge in [-0.25, -0.2) is 4.98 Å². The molecule has 3 aromatic heterocycles. The summed E-state index contributed by atoms with van der Waals surface area (Å²) in [4.78, 5) is 7.57. The number of aromatic nitrogens is 5. The Bertz CT molecular complexity index is 980. The maximum Gasteiger partial charge on any atom is 0.266 e. The number of rotatable bonds is 6. The first-order valence-corrected chi connectivity index (χ1v) is 10.0. The van der Waals surface area contributed by atoms with Gasteiger partial charge in [0.2, 0.25) is 5.65 Å². The van der Waals surface area contributed by atoms with Gasteiger partial charge in [0.05, 0.1) is 16.8 Å². The van der Waals surface area contributed by atoms with Crippen LogP contribution in [0, 0.1) is 0 Å². The van der Waals surface area contributed by atoms with Crippen molar-refractivity contribution < 1.29 is 13.0 Å². The van der Waals surface area contributed by atoms with Crippen molar-refractivity contribution in [2.45, 2.75) is 6.04 Å². The fourth-order valence-corrected chi connectivity index (χ4v) is 3.81. The van der Waals surface area contributed by atoms with Gasteiger partial charge in [-0.05, 0) is 21.9 Å². The Morgan fingerprint density at radius 1 is 1.40 bits per heavy atom. The first-order chi connectivity index (χ1) is 12.0. The van der Waals surface area contributed by atoms with E-state index in [2.05, 4.69) is 25.8 Å². The van der Waals surface area contributed by atoms with Gasteiger partial charge in [0, 0.05) is 25.7 Å². The summed E-state index contributed by atoms with van der Waals surface area (Å²) in [6, 6.07) is 4.08. The standard InChI is InChI=1S/C13H15N7O3S2/c21-25(22,23)5-3-14-9-7-19(8-9)12-13-16-17-18-20(13)10(6-15-12)11-2-1-4-24-11/h1-2,4,6,9,14H,3,5,7-8H2,(H,21,22,23). The van der Waals surface area contributed by atoms with E-state index in [9.17, 15) is 8.42 Å². The molecule has 0 amide bonds. The molecule has 10 nitrogen and oxygen atoms in total. The summed E-state index contributed by atoms with van der Waals surface area (Å²) < 4.78 is 31.9. The molecule has 1 aliphatic rings. The molecular formula is C13H15N7O3S2. The molecule has 0 atom stereocenters. The van der Waals surface area contributed by atoms with Crippen LogP contribution in [0.5, 0.6) is 0 Å². The van der Waals surface area contributed by atoms with E-state index >= 15 is 0 Å². The summed E-state index contributed by atoms with van der Waals surface area (Å²) in [6.07, 6.45) is 1.75. The average molecular weight is 381 g/mol. The Kier molecular flexibility index (Phi) is 4.11. The van der Waals surface area contributed by atoms with Gasteiger partial charge in [0.25, 0.3) is 10.1 Å². The second-order valence-electron chi connectivity index (χ2n) is 5.70. The van der Waals surface area contributed by atoms with Crippen LogP contribution in [-0.4, -0.2) is 69.4 Å². The van der Waals surface area contributed by atoms with E-state index < -0.39 is 10.1 Å². The predicted octanol–water partition coefficient (Wildman–Crippen LogP) is -0.0862. The van der Waals surface area contributed by atoms with Crippen LogP contribution in [0.25, 0.3) is 16.2 Å². The Hall–Kier alpha value is -2.15. The minimum absolute atomic E-state index is 0.136. The zero-order chi connectivity index (χ0) is 17.4. The number of hydrogen-bond donors (Lipinski definition) is 2. The fraction of sp³-hybridized carbons (Fsp3) is 0.385. The Labute approximate surface area is 147 Å². The average Bonchev–Trinajstić information content (AvgIpc) is 3.18. The van der Waals surface area contributed by atoms with Crippen LogP contribution in [-0.2, 0) is 10.1 Å². The van der Waals surface area contributed by atoms with Crippen molar-refractivity contribution in [3.8, 4) is 10.6 Å². The zero-order valence-corrected chi connectivity index (χ0v) is 14.6. The second kappa shape index (κ2) is 6.29. The minimum atomic E-state index is -3.93. The number of hydrogen-bond acceptors (Lipinski definition) is 9. The normalized spacial score (nSPS) is 15.6. The molecule has 3 aromatic rings. The maximum atomic E-state index is 10.7. The maximum absolute atomic E-state index is 10.7. The van der Waals surface area contributed by atoms with E-state index in [-0.39, 0.29) is 18.3 Å². The molecule has 25 heavy (non-hydrogen) atoms. The van der Waals surface area contributed by atoms with Gasteiger partial charge in [-0.1, -0.05) is 6.07 Å². The van der Waals surface area contributed by atoms with Crippen LogP contribution in [0.1, 0.15) is 0 Å². The van der Waals surface area contributed by atoms with E-state index in [0.717, 1.165) is 10.6 Å². The molecule has 0 radical (unpaired) electrons. The van der Waals surface area contributed by atoms with Crippen molar-refractivity contribution in [3.63, 3.8) is 0 Å². The van der Waals surface area contributed by atoms with Crippen LogP contribution >= 0.6 is 11.3 Å². The molecule has 4 rings (SSSR count). The second-order valence-corrected chi connectivity index (χ2v) is 8.22. The highest BCUT2D eigenvalue weighted by molar-refractivity contribution is 7.85. The van der Waals surface area contributed by atoms with Crippen LogP contribution in [0.3, 0.4) is 0 Å². The highest BCUT2D eigenvalue weighted by atomic mass is 32.2. The third-order valence-electron chi connectivity index (χ3n) is 3.95.